The van der Waals surface area contributed by atoms with Gasteiger partial charge in [0.05, 0.1) is 107 Å². The van der Waals surface area contributed by atoms with E-state index in [0.29, 0.717) is 82.8 Å². The second-order valence-electron chi connectivity index (χ2n) is 26.9. The molecule has 0 saturated heterocycles. The topological polar surface area (TPSA) is 232 Å². The van der Waals surface area contributed by atoms with E-state index in [-0.39, 0.29) is 66.4 Å². The van der Waals surface area contributed by atoms with E-state index in [0.717, 1.165) is 64.9 Å². The Bertz CT molecular complexity index is 4720. The van der Waals surface area contributed by atoms with Crippen LogP contribution in [0.3, 0.4) is 0 Å². The van der Waals surface area contributed by atoms with Crippen molar-refractivity contribution in [2.24, 2.45) is 0 Å². The average molecular weight is 1690 g/mol. The summed E-state index contributed by atoms with van der Waals surface area (Å²) >= 11 is 11.8. The van der Waals surface area contributed by atoms with Crippen LogP contribution in [0.4, 0.5) is 0 Å². The van der Waals surface area contributed by atoms with E-state index in [4.69, 9.17) is 91.7 Å². The number of hydrogen-bond acceptors (Lipinski definition) is 21. The van der Waals surface area contributed by atoms with Gasteiger partial charge >= 0.3 is 0 Å². The fourth-order valence-corrected chi connectivity index (χ4v) is 14.0. The lowest BCUT2D eigenvalue weighted by Crippen LogP contribution is -2.38. The largest absolute Gasteiger partial charge is 0.469 e. The lowest BCUT2D eigenvalue weighted by Gasteiger charge is -2.26. The maximum atomic E-state index is 12.4. The van der Waals surface area contributed by atoms with Crippen molar-refractivity contribution in [3.05, 3.63) is 240 Å². The number of alkyl halides is 2. The first kappa shape index (κ1) is 100. The fraction of sp³-hybridized carbons (Fsp3) is 0.386. The third-order valence-electron chi connectivity index (χ3n) is 17.5. The van der Waals surface area contributed by atoms with Gasteiger partial charge in [-0.3, -0.25) is 46.1 Å². The van der Waals surface area contributed by atoms with Crippen LogP contribution in [0.15, 0.2) is 218 Å². The first-order valence-electron chi connectivity index (χ1n) is 36.5. The Morgan fingerprint density at radius 1 is 0.322 bits per heavy atom. The Balaban J connectivity index is 0.000000361. The second kappa shape index (κ2) is 55.0. The van der Waals surface area contributed by atoms with Gasteiger partial charge < -0.3 is 13.3 Å². The molecule has 0 unspecified atom stereocenters. The Morgan fingerprint density at radius 2 is 0.548 bits per heavy atom. The predicted octanol–water partition coefficient (Wildman–Crippen LogP) is 11.6. The van der Waals surface area contributed by atoms with Crippen molar-refractivity contribution >= 4 is 63.7 Å². The molecular weight excluding hydrogens is 1580 g/mol. The van der Waals surface area contributed by atoms with Crippen LogP contribution in [0.5, 0.6) is 0 Å². The summed E-state index contributed by atoms with van der Waals surface area (Å²) in [6, 6.07) is 54.2. The van der Waals surface area contributed by atoms with Crippen LogP contribution in [0.1, 0.15) is 45.1 Å². The number of terminal acetylenes is 6. The van der Waals surface area contributed by atoms with Gasteiger partial charge in [-0.15, -0.1) is 61.7 Å². The molecule has 0 fully saturated rings. The standard InChI is InChI=1S/C20H23NO3S.C18H21NO4S.C14H19NO3S.C13H16ClN.C12H17NO4S.C11H14ClNO/c1-4-14-21(3)19(15-18-8-6-5-7-9-18)16-24-25(22,23)20-12-10-17(2)11-13-20;1-4-11-19(3)16(13-17-6-5-12-22-17)14-23-24(20,21)18-9-7-15(2)8-10-18;1-4-10-15(2)14(12-18-19(3,16)17)11-13-8-6-5-7-9-13;1-3-9-15(2)13(11-14)10-12-7-5-4-6-8-12;1-4-7-13(2)11(10-17-18(3,14)15)9-12-6-5-8-16-12;1-3-6-13(2)10(9-12)8-11-5-4-7-14-11/h1,5-13,19H,14-16H2,2-3H3;1,5-10,12,16H,11,13-14H2,2-3H3;1,5-9,14H,10-12H2,2-3H3;1,4-8,13H,9-11H2,2H3;1,5-6,8,11H,7,9-10H2,2-3H3;1,4-5,7,10H,6,8-9H2,2H3/t19-;16-;14-;13-;11-;10-/m000000/s1. The summed E-state index contributed by atoms with van der Waals surface area (Å²) in [6.45, 7) is 6.92. The molecule has 0 aliphatic carbocycles. The number of halogens is 2. The Morgan fingerprint density at radius 3 is 0.783 bits per heavy atom. The number of likely N-dealkylation sites (N-methyl/N-ethyl adjacent to an activating group) is 6. The highest BCUT2D eigenvalue weighted by atomic mass is 35.5. The van der Waals surface area contributed by atoms with Gasteiger partial charge in [0.15, 0.2) is 0 Å². The van der Waals surface area contributed by atoms with Crippen LogP contribution in [-0.2, 0) is 95.7 Å². The number of nitrogens with zero attached hydrogens (tertiary/aromatic N) is 6. The molecule has 6 atom stereocenters. The lowest BCUT2D eigenvalue weighted by molar-refractivity contribution is 0.172. The summed E-state index contributed by atoms with van der Waals surface area (Å²) in [5.41, 5.74) is 5.50. The quantitative estimate of drug-likeness (QED) is 0.0197. The van der Waals surface area contributed by atoms with Gasteiger partial charge in [-0.1, -0.05) is 162 Å². The number of furan rings is 3. The lowest BCUT2D eigenvalue weighted by atomic mass is 10.1. The summed E-state index contributed by atoms with van der Waals surface area (Å²) in [7, 11) is -3.14. The van der Waals surface area contributed by atoms with E-state index in [1.54, 1.807) is 67.3 Å². The maximum Gasteiger partial charge on any atom is 0.297 e. The van der Waals surface area contributed by atoms with Gasteiger partial charge in [0, 0.05) is 67.3 Å². The summed E-state index contributed by atoms with van der Waals surface area (Å²) in [5.74, 6) is 19.1. The molecule has 0 amide bonds. The van der Waals surface area contributed by atoms with Crippen LogP contribution in [-0.4, -0.2) is 232 Å². The highest BCUT2D eigenvalue weighted by Crippen LogP contribution is 2.20. The average Bonchev–Trinajstić information content (AvgIpc) is 1.83. The molecule has 3 heterocycles. The summed E-state index contributed by atoms with van der Waals surface area (Å²) in [6.07, 6.45) is 42.8. The molecule has 3 aromatic heterocycles. The number of benzene rings is 5. The van der Waals surface area contributed by atoms with Gasteiger partial charge in [0.2, 0.25) is 0 Å². The highest BCUT2D eigenvalue weighted by molar-refractivity contribution is 7.87. The summed E-state index contributed by atoms with van der Waals surface area (Å²) in [5, 5.41) is 0. The molecule has 0 spiro atoms. The molecule has 0 bridgehead atoms. The van der Waals surface area contributed by atoms with Crippen LogP contribution in [0.2, 0.25) is 0 Å². The second-order valence-corrected chi connectivity index (χ2v) is 34.1. The Hall–Kier alpha value is -8.72. The van der Waals surface area contributed by atoms with Gasteiger partial charge in [-0.25, -0.2) is 0 Å². The van der Waals surface area contributed by atoms with Crippen molar-refractivity contribution in [3.8, 4) is 74.1 Å². The first-order chi connectivity index (χ1) is 54.7. The van der Waals surface area contributed by atoms with Gasteiger partial charge in [-0.2, -0.15) is 33.7 Å². The molecule has 21 nitrogen and oxygen atoms in total. The van der Waals surface area contributed by atoms with E-state index < -0.39 is 40.5 Å². The number of hydrogen-bond donors (Lipinski definition) is 0. The zero-order chi connectivity index (χ0) is 85.2. The molecule has 8 rings (SSSR count). The Kier molecular flexibility index (Phi) is 48.0. The maximum absolute atomic E-state index is 12.4. The van der Waals surface area contributed by atoms with E-state index in [9.17, 15) is 33.7 Å². The minimum atomic E-state index is -3.81. The van der Waals surface area contributed by atoms with Crippen molar-refractivity contribution in [1.29, 1.82) is 0 Å². The smallest absolute Gasteiger partial charge is 0.297 e. The third kappa shape index (κ3) is 42.6. The van der Waals surface area contributed by atoms with Gasteiger partial charge in [0.25, 0.3) is 40.5 Å². The molecule has 0 aliphatic heterocycles. The van der Waals surface area contributed by atoms with Crippen LogP contribution in [0, 0.1) is 87.9 Å². The molecule has 27 heteroatoms. The molecular formula is C88H110Cl2N6O15S4. The molecule has 620 valence electrons. The van der Waals surface area contributed by atoms with Crippen molar-refractivity contribution < 1.29 is 63.7 Å². The van der Waals surface area contributed by atoms with Crippen molar-refractivity contribution in [1.82, 2.24) is 29.4 Å². The minimum Gasteiger partial charge on any atom is -0.469 e. The van der Waals surface area contributed by atoms with E-state index in [2.05, 4.69) is 57.5 Å². The van der Waals surface area contributed by atoms with E-state index in [1.165, 1.54) is 17.7 Å². The monoisotopic (exact) mass is 1690 g/mol. The molecule has 0 N–H and O–H groups in total. The number of aryl methyl sites for hydroxylation is 2. The zero-order valence-electron chi connectivity index (χ0n) is 67.3. The third-order valence-corrected chi connectivity index (χ3v) is 22.0. The van der Waals surface area contributed by atoms with Crippen molar-refractivity contribution in [2.45, 2.75) is 98.4 Å². The van der Waals surface area contributed by atoms with Crippen molar-refractivity contribution in [2.75, 3.05) is 132 Å². The molecule has 115 heavy (non-hydrogen) atoms. The molecule has 0 saturated carbocycles. The predicted molar refractivity (Wildman–Crippen MR) is 461 cm³/mol. The van der Waals surface area contributed by atoms with Gasteiger partial charge in [-0.05, 0) is 153 Å². The van der Waals surface area contributed by atoms with Crippen LogP contribution >= 0.6 is 23.2 Å². The number of rotatable bonds is 40. The van der Waals surface area contributed by atoms with E-state index >= 15 is 0 Å². The first-order valence-corrected chi connectivity index (χ1v) is 44.0. The van der Waals surface area contributed by atoms with Crippen molar-refractivity contribution in [3.63, 3.8) is 0 Å². The Labute approximate surface area is 696 Å². The van der Waals surface area contributed by atoms with Crippen LogP contribution < -0.4 is 0 Å². The molecule has 8 aromatic rings. The van der Waals surface area contributed by atoms with Gasteiger partial charge in [0.1, 0.15) is 17.3 Å². The highest BCUT2D eigenvalue weighted by Gasteiger charge is 2.26. The summed E-state index contributed by atoms with van der Waals surface area (Å²) in [4.78, 5) is 12.0. The van der Waals surface area contributed by atoms with E-state index in [1.807, 2.05) is 179 Å². The summed E-state index contributed by atoms with van der Waals surface area (Å²) < 4.78 is 130. The molecule has 5 aromatic carbocycles. The minimum absolute atomic E-state index is 0.00487. The SMILES string of the molecule is C#CCN(C)[C@H](CCl)Cc1ccccc1.C#CCN(C)[C@H](CCl)Cc1ccco1.C#CCN(C)[C@H](COS(=O)(=O)c1ccc(C)cc1)Cc1ccccc1.C#CCN(C)[C@H](COS(=O)(=O)c1ccc(C)cc1)Cc1ccco1.C#CCN(C)[C@H](COS(C)(=O)=O)Cc1ccccc1.C#CCN(C)[C@H](COS(C)(=O)=O)Cc1ccco1. The fourth-order valence-electron chi connectivity index (χ4n) is 10.6. The normalized spacial score (nSPS) is 12.9. The zero-order valence-corrected chi connectivity index (χ0v) is 72.1. The van der Waals surface area contributed by atoms with Crippen LogP contribution in [0.25, 0.3) is 0 Å². The molecule has 0 aliphatic rings. The molecule has 0 radical (unpaired) electrons.